The summed E-state index contributed by atoms with van der Waals surface area (Å²) in [6.45, 7) is 0. The van der Waals surface area contributed by atoms with Gasteiger partial charge in [0.1, 0.15) is 0 Å². The van der Waals surface area contributed by atoms with E-state index in [1.165, 1.54) is 12.1 Å². The smallest absolute Gasteiger partial charge is 0.248 e. The van der Waals surface area contributed by atoms with Gasteiger partial charge in [0.2, 0.25) is 0 Å². The molecular formula is C26H16Cl2F3N. The fourth-order valence-corrected chi connectivity index (χ4v) is 3.70. The van der Waals surface area contributed by atoms with Crippen LogP contribution in [0.5, 0.6) is 0 Å². The molecule has 0 radical (unpaired) electrons. The highest BCUT2D eigenvalue weighted by Gasteiger charge is 2.29. The Bertz CT molecular complexity index is 1320. The number of benzene rings is 3. The Balaban J connectivity index is 1.68. The SMILES string of the molecule is FC(F)(F)c1ccc(/C=C/c2cc(/C=C/c3ccc(Cl)cc3Cl)nc3ccccc23)cc1. The van der Waals surface area contributed by atoms with E-state index >= 15 is 0 Å². The maximum Gasteiger partial charge on any atom is 0.416 e. The van der Waals surface area contributed by atoms with Crippen molar-refractivity contribution in [3.8, 4) is 0 Å². The standard InChI is InChI=1S/C26H16Cl2F3N/c27-21-13-9-18(24(28)16-21)10-14-22-15-19(23-3-1-2-4-25(23)32-22)8-5-17-6-11-20(12-7-17)26(29,30)31/h1-16H/b8-5+,14-10+. The summed E-state index contributed by atoms with van der Waals surface area (Å²) in [7, 11) is 0. The quantitative estimate of drug-likeness (QED) is 0.290. The number of hydrogen-bond donors (Lipinski definition) is 0. The van der Waals surface area contributed by atoms with Crippen LogP contribution < -0.4 is 0 Å². The molecule has 0 N–H and O–H groups in total. The van der Waals surface area contributed by atoms with Crippen molar-refractivity contribution in [1.82, 2.24) is 4.98 Å². The highest BCUT2D eigenvalue weighted by molar-refractivity contribution is 6.35. The number of rotatable bonds is 4. The molecule has 0 aliphatic carbocycles. The van der Waals surface area contributed by atoms with E-state index in [1.807, 2.05) is 54.6 Å². The topological polar surface area (TPSA) is 12.9 Å². The van der Waals surface area contributed by atoms with Crippen molar-refractivity contribution >= 4 is 58.4 Å². The van der Waals surface area contributed by atoms with E-state index in [9.17, 15) is 13.2 Å². The van der Waals surface area contributed by atoms with Crippen molar-refractivity contribution < 1.29 is 13.2 Å². The fraction of sp³-hybridized carbons (Fsp3) is 0.0385. The maximum atomic E-state index is 12.8. The second-order valence-corrected chi connectivity index (χ2v) is 7.95. The van der Waals surface area contributed by atoms with Crippen LogP contribution in [-0.4, -0.2) is 4.98 Å². The van der Waals surface area contributed by atoms with Crippen LogP contribution in [0.2, 0.25) is 10.0 Å². The largest absolute Gasteiger partial charge is 0.416 e. The second-order valence-electron chi connectivity index (χ2n) is 7.11. The highest BCUT2D eigenvalue weighted by Crippen LogP contribution is 2.30. The van der Waals surface area contributed by atoms with Gasteiger partial charge in [-0.1, -0.05) is 77.8 Å². The predicted octanol–water partition coefficient (Wildman–Crippen LogP) is 8.90. The zero-order chi connectivity index (χ0) is 22.7. The van der Waals surface area contributed by atoms with E-state index in [0.717, 1.165) is 39.9 Å². The number of hydrogen-bond acceptors (Lipinski definition) is 1. The third-order valence-electron chi connectivity index (χ3n) is 4.86. The van der Waals surface area contributed by atoms with Crippen LogP contribution in [0.4, 0.5) is 13.2 Å². The minimum Gasteiger partial charge on any atom is -0.248 e. The van der Waals surface area contributed by atoms with Gasteiger partial charge in [0, 0.05) is 15.4 Å². The van der Waals surface area contributed by atoms with Crippen molar-refractivity contribution in [2.45, 2.75) is 6.18 Å². The Morgan fingerprint density at radius 1 is 0.719 bits per heavy atom. The molecule has 1 nitrogen and oxygen atoms in total. The van der Waals surface area contributed by atoms with Crippen molar-refractivity contribution in [3.63, 3.8) is 0 Å². The van der Waals surface area contributed by atoms with Crippen molar-refractivity contribution in [3.05, 3.63) is 111 Å². The van der Waals surface area contributed by atoms with Gasteiger partial charge < -0.3 is 0 Å². The normalized spacial score (nSPS) is 12.3. The molecule has 0 aliphatic heterocycles. The fourth-order valence-electron chi connectivity index (χ4n) is 3.23. The van der Waals surface area contributed by atoms with E-state index < -0.39 is 11.7 Å². The molecular weight excluding hydrogens is 454 g/mol. The monoisotopic (exact) mass is 469 g/mol. The molecule has 0 atom stereocenters. The summed E-state index contributed by atoms with van der Waals surface area (Å²) in [6.07, 6.45) is 3.03. The Morgan fingerprint density at radius 3 is 2.16 bits per heavy atom. The molecule has 160 valence electrons. The van der Waals surface area contributed by atoms with Gasteiger partial charge in [-0.2, -0.15) is 13.2 Å². The van der Waals surface area contributed by atoms with Gasteiger partial charge in [0.25, 0.3) is 0 Å². The molecule has 0 fully saturated rings. The molecule has 0 amide bonds. The van der Waals surface area contributed by atoms with Crippen LogP contribution >= 0.6 is 23.2 Å². The van der Waals surface area contributed by atoms with Crippen LogP contribution in [0.1, 0.15) is 27.9 Å². The van der Waals surface area contributed by atoms with E-state index in [2.05, 4.69) is 4.98 Å². The summed E-state index contributed by atoms with van der Waals surface area (Å²) in [4.78, 5) is 4.68. The highest BCUT2D eigenvalue weighted by atomic mass is 35.5. The minimum absolute atomic E-state index is 0.539. The number of nitrogens with zero attached hydrogens (tertiary/aromatic N) is 1. The van der Waals surface area contributed by atoms with E-state index in [-0.39, 0.29) is 0 Å². The van der Waals surface area contributed by atoms with E-state index in [0.29, 0.717) is 15.6 Å². The number of halogens is 5. The molecule has 0 unspecified atom stereocenters. The summed E-state index contributed by atoms with van der Waals surface area (Å²) in [6, 6.07) is 19.9. The average molecular weight is 470 g/mol. The zero-order valence-corrected chi connectivity index (χ0v) is 18.1. The van der Waals surface area contributed by atoms with Crippen molar-refractivity contribution in [2.75, 3.05) is 0 Å². The van der Waals surface area contributed by atoms with Crippen molar-refractivity contribution in [2.24, 2.45) is 0 Å². The molecule has 1 aromatic heterocycles. The molecule has 32 heavy (non-hydrogen) atoms. The first-order valence-corrected chi connectivity index (χ1v) is 10.4. The summed E-state index contributed by atoms with van der Waals surface area (Å²) < 4.78 is 38.3. The van der Waals surface area contributed by atoms with Crippen LogP contribution in [0, 0.1) is 0 Å². The van der Waals surface area contributed by atoms with Gasteiger partial charge in [-0.15, -0.1) is 0 Å². The first kappa shape index (κ1) is 22.1. The van der Waals surface area contributed by atoms with Crippen LogP contribution in [0.15, 0.2) is 72.8 Å². The Labute approximate surface area is 193 Å². The van der Waals surface area contributed by atoms with Crippen molar-refractivity contribution in [1.29, 1.82) is 0 Å². The molecule has 0 bridgehead atoms. The first-order valence-electron chi connectivity index (χ1n) is 9.68. The van der Waals surface area contributed by atoms with Gasteiger partial charge in [-0.05, 0) is 59.2 Å². The van der Waals surface area contributed by atoms with Gasteiger partial charge >= 0.3 is 6.18 Å². The zero-order valence-electron chi connectivity index (χ0n) is 16.6. The number of pyridine rings is 1. The van der Waals surface area contributed by atoms with Crippen LogP contribution in [0.3, 0.4) is 0 Å². The molecule has 6 heteroatoms. The molecule has 0 saturated carbocycles. The van der Waals surface area contributed by atoms with E-state index in [1.54, 1.807) is 18.2 Å². The van der Waals surface area contributed by atoms with Crippen LogP contribution in [0.25, 0.3) is 35.2 Å². The lowest BCUT2D eigenvalue weighted by Gasteiger charge is -2.07. The second kappa shape index (κ2) is 9.19. The minimum atomic E-state index is -4.35. The summed E-state index contributed by atoms with van der Waals surface area (Å²) >= 11 is 12.2. The third-order valence-corrected chi connectivity index (χ3v) is 5.42. The Hall–Kier alpha value is -3.08. The number of para-hydroxylation sites is 1. The summed E-state index contributed by atoms with van der Waals surface area (Å²) in [5, 5.41) is 2.04. The van der Waals surface area contributed by atoms with Crippen LogP contribution in [-0.2, 0) is 6.18 Å². The molecule has 3 aromatic carbocycles. The summed E-state index contributed by atoms with van der Waals surface area (Å²) in [5.41, 5.74) is 3.25. The summed E-state index contributed by atoms with van der Waals surface area (Å²) in [5.74, 6) is 0. The van der Waals surface area contributed by atoms with Gasteiger partial charge in [0.05, 0.1) is 16.8 Å². The predicted molar refractivity (Wildman–Crippen MR) is 128 cm³/mol. The Kier molecular flexibility index (Phi) is 6.35. The number of alkyl halides is 3. The number of aromatic nitrogens is 1. The number of fused-ring (bicyclic) bond motifs is 1. The first-order chi connectivity index (χ1) is 15.3. The lowest BCUT2D eigenvalue weighted by molar-refractivity contribution is -0.137. The van der Waals surface area contributed by atoms with Gasteiger partial charge in [-0.25, -0.2) is 4.98 Å². The Morgan fingerprint density at radius 2 is 1.44 bits per heavy atom. The maximum absolute atomic E-state index is 12.8. The molecule has 0 saturated heterocycles. The lowest BCUT2D eigenvalue weighted by atomic mass is 10.0. The molecule has 4 aromatic rings. The molecule has 4 rings (SSSR count). The van der Waals surface area contributed by atoms with E-state index in [4.69, 9.17) is 23.2 Å². The third kappa shape index (κ3) is 5.21. The molecule has 0 spiro atoms. The average Bonchev–Trinajstić information content (AvgIpc) is 2.76. The molecule has 0 aliphatic rings. The van der Waals surface area contributed by atoms with Gasteiger partial charge in [-0.3, -0.25) is 0 Å². The van der Waals surface area contributed by atoms with Gasteiger partial charge in [0.15, 0.2) is 0 Å². The molecule has 1 heterocycles. The lowest BCUT2D eigenvalue weighted by Crippen LogP contribution is -2.03.